The molecule has 88 valence electrons. The van der Waals surface area contributed by atoms with Crippen molar-refractivity contribution >= 4 is 5.78 Å². The highest BCUT2D eigenvalue weighted by molar-refractivity contribution is 5.98. The summed E-state index contributed by atoms with van der Waals surface area (Å²) in [4.78, 5) is 12.0. The summed E-state index contributed by atoms with van der Waals surface area (Å²) >= 11 is 0. The molecule has 0 radical (unpaired) electrons. The minimum atomic E-state index is 0.0248. The van der Waals surface area contributed by atoms with Gasteiger partial charge in [-0.15, -0.1) is 0 Å². The molecule has 0 heterocycles. The number of hydrogen-bond acceptors (Lipinski definition) is 3. The van der Waals surface area contributed by atoms with E-state index in [4.69, 9.17) is 9.47 Å². The average Bonchev–Trinajstić information content (AvgIpc) is 2.35. The minimum Gasteiger partial charge on any atom is -0.497 e. The van der Waals surface area contributed by atoms with Gasteiger partial charge in [0.2, 0.25) is 0 Å². The lowest BCUT2D eigenvalue weighted by molar-refractivity contribution is 0.0926. The number of ketones is 1. The molecule has 0 fully saturated rings. The summed E-state index contributed by atoms with van der Waals surface area (Å²) in [7, 11) is 3.15. The van der Waals surface area contributed by atoms with Crippen molar-refractivity contribution in [1.29, 1.82) is 0 Å². The molecule has 3 heteroatoms. The second-order valence-corrected chi connectivity index (χ2v) is 3.77. The molecule has 1 atom stereocenters. The molecule has 0 aromatic heterocycles. The fourth-order valence-corrected chi connectivity index (χ4v) is 1.42. The van der Waals surface area contributed by atoms with E-state index in [0.717, 1.165) is 6.42 Å². The molecule has 0 amide bonds. The van der Waals surface area contributed by atoms with Crippen LogP contribution in [-0.2, 0) is 0 Å². The van der Waals surface area contributed by atoms with E-state index in [1.807, 2.05) is 13.8 Å². The first kappa shape index (κ1) is 12.6. The molecule has 0 aliphatic carbocycles. The van der Waals surface area contributed by atoms with Crippen molar-refractivity contribution in [3.63, 3.8) is 0 Å². The molecular formula is C13H18O3. The first-order chi connectivity index (χ1) is 7.62. The van der Waals surface area contributed by atoms with E-state index in [9.17, 15) is 4.79 Å². The maximum Gasteiger partial charge on any atom is 0.165 e. The highest BCUT2D eigenvalue weighted by Gasteiger charge is 2.15. The number of benzene rings is 1. The van der Waals surface area contributed by atoms with E-state index < -0.39 is 0 Å². The number of ether oxygens (including phenoxy) is 2. The zero-order valence-corrected chi connectivity index (χ0v) is 10.2. The van der Waals surface area contributed by atoms with Gasteiger partial charge >= 0.3 is 0 Å². The van der Waals surface area contributed by atoms with Gasteiger partial charge < -0.3 is 9.47 Å². The lowest BCUT2D eigenvalue weighted by atomic mass is 9.97. The molecular weight excluding hydrogens is 204 g/mol. The van der Waals surface area contributed by atoms with Crippen molar-refractivity contribution in [3.05, 3.63) is 23.8 Å². The molecule has 0 spiro atoms. The van der Waals surface area contributed by atoms with Crippen LogP contribution in [0.25, 0.3) is 0 Å². The zero-order valence-electron chi connectivity index (χ0n) is 10.2. The summed E-state index contributed by atoms with van der Waals surface area (Å²) in [5.41, 5.74) is 0.644. The Morgan fingerprint density at radius 1 is 1.19 bits per heavy atom. The van der Waals surface area contributed by atoms with Crippen LogP contribution in [0.15, 0.2) is 18.2 Å². The normalized spacial score (nSPS) is 12.0. The largest absolute Gasteiger partial charge is 0.497 e. The molecule has 1 rings (SSSR count). The molecule has 0 bridgehead atoms. The Balaban J connectivity index is 3.07. The summed E-state index contributed by atoms with van der Waals surface area (Å²) in [6, 6.07) is 5.25. The van der Waals surface area contributed by atoms with Gasteiger partial charge in [-0.05, 0) is 18.6 Å². The zero-order chi connectivity index (χ0) is 12.1. The van der Waals surface area contributed by atoms with Crippen molar-refractivity contribution < 1.29 is 14.3 Å². The van der Waals surface area contributed by atoms with Gasteiger partial charge in [-0.1, -0.05) is 13.8 Å². The smallest absolute Gasteiger partial charge is 0.165 e. The van der Waals surface area contributed by atoms with Crippen LogP contribution in [0.5, 0.6) is 11.5 Å². The van der Waals surface area contributed by atoms with Gasteiger partial charge in [0.1, 0.15) is 11.5 Å². The summed E-state index contributed by atoms with van der Waals surface area (Å²) in [6.45, 7) is 3.92. The molecule has 0 saturated heterocycles. The molecule has 1 unspecified atom stereocenters. The number of Topliss-reactive ketones (excluding diaryl/α,β-unsaturated/α-hetero) is 1. The number of rotatable bonds is 5. The standard InChI is InChI=1S/C13H18O3/c1-5-9(2)13(14)10-6-11(15-3)8-12(7-10)16-4/h6-9H,5H2,1-4H3. The van der Waals surface area contributed by atoms with Gasteiger partial charge in [0, 0.05) is 17.5 Å². The second-order valence-electron chi connectivity index (χ2n) is 3.77. The van der Waals surface area contributed by atoms with Gasteiger partial charge in [-0.2, -0.15) is 0 Å². The predicted octanol–water partition coefficient (Wildman–Crippen LogP) is 2.93. The van der Waals surface area contributed by atoms with Crippen LogP contribution in [0.2, 0.25) is 0 Å². The van der Waals surface area contributed by atoms with Crippen LogP contribution in [0, 0.1) is 5.92 Å². The van der Waals surface area contributed by atoms with Crippen molar-refractivity contribution in [3.8, 4) is 11.5 Å². The Labute approximate surface area is 96.4 Å². The fourth-order valence-electron chi connectivity index (χ4n) is 1.42. The monoisotopic (exact) mass is 222 g/mol. The molecule has 1 aromatic carbocycles. The molecule has 0 saturated carbocycles. The summed E-state index contributed by atoms with van der Waals surface area (Å²) < 4.78 is 10.3. The van der Waals surface area contributed by atoms with Crippen LogP contribution in [0.3, 0.4) is 0 Å². The molecule has 16 heavy (non-hydrogen) atoms. The van der Waals surface area contributed by atoms with Gasteiger partial charge in [0.15, 0.2) is 5.78 Å². The van der Waals surface area contributed by atoms with E-state index >= 15 is 0 Å². The van der Waals surface area contributed by atoms with E-state index in [0.29, 0.717) is 17.1 Å². The van der Waals surface area contributed by atoms with Crippen molar-refractivity contribution in [2.24, 2.45) is 5.92 Å². The Morgan fingerprint density at radius 3 is 2.06 bits per heavy atom. The predicted molar refractivity (Wildman–Crippen MR) is 63.3 cm³/mol. The average molecular weight is 222 g/mol. The van der Waals surface area contributed by atoms with E-state index in [-0.39, 0.29) is 11.7 Å². The minimum absolute atomic E-state index is 0.0248. The summed E-state index contributed by atoms with van der Waals surface area (Å²) in [5, 5.41) is 0. The fraction of sp³-hybridized carbons (Fsp3) is 0.462. The van der Waals surface area contributed by atoms with Crippen molar-refractivity contribution in [1.82, 2.24) is 0 Å². The molecule has 0 N–H and O–H groups in total. The van der Waals surface area contributed by atoms with Crippen molar-refractivity contribution in [2.45, 2.75) is 20.3 Å². The maximum atomic E-state index is 12.0. The molecule has 3 nitrogen and oxygen atoms in total. The van der Waals surface area contributed by atoms with Crippen molar-refractivity contribution in [2.75, 3.05) is 14.2 Å². The second kappa shape index (κ2) is 5.54. The molecule has 0 aliphatic rings. The van der Waals surface area contributed by atoms with Gasteiger partial charge in [0.05, 0.1) is 14.2 Å². The molecule has 1 aromatic rings. The Morgan fingerprint density at radius 2 is 1.69 bits per heavy atom. The summed E-state index contributed by atoms with van der Waals surface area (Å²) in [5.74, 6) is 1.44. The Kier molecular flexibility index (Phi) is 4.35. The topological polar surface area (TPSA) is 35.5 Å². The van der Waals surface area contributed by atoms with Crippen LogP contribution < -0.4 is 9.47 Å². The van der Waals surface area contributed by atoms with E-state index in [1.165, 1.54) is 0 Å². The van der Waals surface area contributed by atoms with Crippen LogP contribution >= 0.6 is 0 Å². The first-order valence-electron chi connectivity index (χ1n) is 5.39. The van der Waals surface area contributed by atoms with Crippen LogP contribution in [0.4, 0.5) is 0 Å². The number of methoxy groups -OCH3 is 2. The Bertz CT molecular complexity index is 349. The van der Waals surface area contributed by atoms with Crippen LogP contribution in [-0.4, -0.2) is 20.0 Å². The first-order valence-corrected chi connectivity index (χ1v) is 5.39. The third-order valence-electron chi connectivity index (χ3n) is 2.70. The highest BCUT2D eigenvalue weighted by atomic mass is 16.5. The highest BCUT2D eigenvalue weighted by Crippen LogP contribution is 2.24. The lowest BCUT2D eigenvalue weighted by Crippen LogP contribution is -2.10. The molecule has 0 aliphatic heterocycles. The van der Waals surface area contributed by atoms with Gasteiger partial charge in [0.25, 0.3) is 0 Å². The number of carbonyl (C=O) groups excluding carboxylic acids is 1. The maximum absolute atomic E-state index is 12.0. The van der Waals surface area contributed by atoms with Crippen LogP contribution in [0.1, 0.15) is 30.6 Å². The lowest BCUT2D eigenvalue weighted by Gasteiger charge is -2.10. The summed E-state index contributed by atoms with van der Waals surface area (Å²) in [6.07, 6.45) is 0.832. The van der Waals surface area contributed by atoms with Gasteiger partial charge in [-0.25, -0.2) is 0 Å². The quantitative estimate of drug-likeness (QED) is 0.718. The van der Waals surface area contributed by atoms with E-state index in [2.05, 4.69) is 0 Å². The third kappa shape index (κ3) is 2.75. The number of hydrogen-bond donors (Lipinski definition) is 0. The van der Waals surface area contributed by atoms with Gasteiger partial charge in [-0.3, -0.25) is 4.79 Å². The number of carbonyl (C=O) groups is 1. The van der Waals surface area contributed by atoms with E-state index in [1.54, 1.807) is 32.4 Å². The SMILES string of the molecule is CCC(C)C(=O)c1cc(OC)cc(OC)c1. The Hall–Kier alpha value is -1.51. The third-order valence-corrected chi connectivity index (χ3v) is 2.70.